The van der Waals surface area contributed by atoms with E-state index in [2.05, 4.69) is 26.1 Å². The van der Waals surface area contributed by atoms with E-state index in [0.29, 0.717) is 13.1 Å². The second kappa shape index (κ2) is 6.25. The number of hydrogen-bond donors (Lipinski definition) is 1. The molecule has 1 saturated heterocycles. The maximum Gasteiger partial charge on any atom is 0.401 e. The van der Waals surface area contributed by atoms with Gasteiger partial charge in [0.2, 0.25) is 0 Å². The third-order valence-corrected chi connectivity index (χ3v) is 2.60. The van der Waals surface area contributed by atoms with Gasteiger partial charge in [0.1, 0.15) is 0 Å². The van der Waals surface area contributed by atoms with E-state index in [4.69, 9.17) is 0 Å². The fraction of sp³-hybridized carbons (Fsp3) is 1.00. The largest absolute Gasteiger partial charge is 0.401 e. The minimum atomic E-state index is -4.07. The summed E-state index contributed by atoms with van der Waals surface area (Å²) in [5.74, 6) is 0. The van der Waals surface area contributed by atoms with Crippen LogP contribution >= 0.6 is 12.4 Å². The van der Waals surface area contributed by atoms with Crippen LogP contribution in [0.2, 0.25) is 0 Å². The van der Waals surface area contributed by atoms with Gasteiger partial charge < -0.3 is 5.32 Å². The number of likely N-dealkylation sites (tertiary alicyclic amines) is 1. The first-order chi connectivity index (χ1) is 7.16. The van der Waals surface area contributed by atoms with E-state index in [9.17, 15) is 13.2 Å². The van der Waals surface area contributed by atoms with E-state index in [0.717, 1.165) is 13.0 Å². The lowest BCUT2D eigenvalue weighted by molar-refractivity contribution is -0.143. The number of nitrogens with zero attached hydrogens (tertiary/aromatic N) is 1. The summed E-state index contributed by atoms with van der Waals surface area (Å²) in [6, 6.07) is 0.210. The van der Waals surface area contributed by atoms with E-state index in [1.807, 2.05) is 0 Å². The molecule has 0 aromatic rings. The Morgan fingerprint density at radius 1 is 1.24 bits per heavy atom. The molecule has 0 spiro atoms. The van der Waals surface area contributed by atoms with Crippen molar-refractivity contribution in [2.75, 3.05) is 26.2 Å². The second-order valence-corrected chi connectivity index (χ2v) is 5.78. The summed E-state index contributed by atoms with van der Waals surface area (Å²) in [7, 11) is 0. The minimum Gasteiger partial charge on any atom is -0.312 e. The monoisotopic (exact) mass is 274 g/mol. The molecule has 1 fully saturated rings. The SMILES string of the molecule is CC(C)(C)CNC1CCN(CC(F)(F)F)C1.Cl. The van der Waals surface area contributed by atoms with Gasteiger partial charge in [-0.25, -0.2) is 0 Å². The van der Waals surface area contributed by atoms with Crippen molar-refractivity contribution >= 4 is 12.4 Å². The Kier molecular flexibility index (Phi) is 6.25. The van der Waals surface area contributed by atoms with Gasteiger partial charge in [0.25, 0.3) is 0 Å². The summed E-state index contributed by atoms with van der Waals surface area (Å²) in [5.41, 5.74) is 0.178. The maximum atomic E-state index is 12.1. The summed E-state index contributed by atoms with van der Waals surface area (Å²) in [6.45, 7) is 7.46. The molecular formula is C11H22ClF3N2. The van der Waals surface area contributed by atoms with E-state index in [1.165, 1.54) is 4.90 Å². The van der Waals surface area contributed by atoms with Gasteiger partial charge in [-0.2, -0.15) is 13.2 Å². The highest BCUT2D eigenvalue weighted by Gasteiger charge is 2.34. The van der Waals surface area contributed by atoms with Crippen LogP contribution in [0.15, 0.2) is 0 Å². The minimum absolute atomic E-state index is 0. The molecule has 0 aliphatic carbocycles. The van der Waals surface area contributed by atoms with Crippen LogP contribution in [0.3, 0.4) is 0 Å². The average molecular weight is 275 g/mol. The van der Waals surface area contributed by atoms with E-state index < -0.39 is 12.7 Å². The van der Waals surface area contributed by atoms with Crippen LogP contribution in [0.4, 0.5) is 13.2 Å². The first-order valence-electron chi connectivity index (χ1n) is 5.68. The van der Waals surface area contributed by atoms with Crippen molar-refractivity contribution in [1.82, 2.24) is 10.2 Å². The molecule has 0 aromatic heterocycles. The predicted octanol–water partition coefficient (Wildman–Crippen LogP) is 2.68. The molecule has 0 amide bonds. The fourth-order valence-electron chi connectivity index (χ4n) is 1.85. The Balaban J connectivity index is 0.00000256. The van der Waals surface area contributed by atoms with Gasteiger partial charge in [0, 0.05) is 25.7 Å². The van der Waals surface area contributed by atoms with Gasteiger partial charge in [0.15, 0.2) is 0 Å². The molecule has 6 heteroatoms. The second-order valence-electron chi connectivity index (χ2n) is 5.78. The molecule has 0 saturated carbocycles. The molecule has 0 radical (unpaired) electrons. The van der Waals surface area contributed by atoms with Crippen LogP contribution in [0.1, 0.15) is 27.2 Å². The zero-order chi connectivity index (χ0) is 12.4. The molecule has 2 nitrogen and oxygen atoms in total. The predicted molar refractivity (Wildman–Crippen MR) is 65.6 cm³/mol. The Morgan fingerprint density at radius 3 is 2.29 bits per heavy atom. The van der Waals surface area contributed by atoms with Crippen LogP contribution in [0, 0.1) is 5.41 Å². The number of halogens is 4. The Morgan fingerprint density at radius 2 is 1.82 bits per heavy atom. The third kappa shape index (κ3) is 7.84. The van der Waals surface area contributed by atoms with Gasteiger partial charge >= 0.3 is 6.18 Å². The molecule has 17 heavy (non-hydrogen) atoms. The normalized spacial score (nSPS) is 22.6. The molecule has 1 aliphatic rings. The van der Waals surface area contributed by atoms with Crippen molar-refractivity contribution in [2.45, 2.75) is 39.4 Å². The average Bonchev–Trinajstić information content (AvgIpc) is 2.44. The topological polar surface area (TPSA) is 15.3 Å². The van der Waals surface area contributed by atoms with Crippen LogP contribution in [0.5, 0.6) is 0 Å². The highest BCUT2D eigenvalue weighted by molar-refractivity contribution is 5.85. The van der Waals surface area contributed by atoms with Gasteiger partial charge in [-0.15, -0.1) is 12.4 Å². The summed E-state index contributed by atoms with van der Waals surface area (Å²) >= 11 is 0. The van der Waals surface area contributed by atoms with Crippen molar-refractivity contribution in [1.29, 1.82) is 0 Å². The number of hydrogen-bond acceptors (Lipinski definition) is 2. The Bertz CT molecular complexity index is 226. The molecule has 0 bridgehead atoms. The molecule has 1 N–H and O–H groups in total. The number of nitrogens with one attached hydrogen (secondary N) is 1. The van der Waals surface area contributed by atoms with E-state index >= 15 is 0 Å². The number of alkyl halides is 3. The van der Waals surface area contributed by atoms with Crippen molar-refractivity contribution in [3.63, 3.8) is 0 Å². The fourth-order valence-corrected chi connectivity index (χ4v) is 1.85. The Hall–Kier alpha value is -0.0000000000000000555. The molecular weight excluding hydrogens is 253 g/mol. The summed E-state index contributed by atoms with van der Waals surface area (Å²) in [6.07, 6.45) is -3.26. The standard InChI is InChI=1S/C11H21F3N2.ClH/c1-10(2,3)7-15-9-4-5-16(6-9)8-11(12,13)14;/h9,15H,4-8H2,1-3H3;1H. The van der Waals surface area contributed by atoms with Crippen molar-refractivity contribution in [3.8, 4) is 0 Å². The molecule has 1 atom stereocenters. The van der Waals surface area contributed by atoms with Crippen LogP contribution in [-0.4, -0.2) is 43.3 Å². The zero-order valence-electron chi connectivity index (χ0n) is 10.6. The molecule has 104 valence electrons. The van der Waals surface area contributed by atoms with E-state index in [-0.39, 0.29) is 23.9 Å². The van der Waals surface area contributed by atoms with Crippen LogP contribution in [-0.2, 0) is 0 Å². The van der Waals surface area contributed by atoms with Gasteiger partial charge in [-0.1, -0.05) is 20.8 Å². The van der Waals surface area contributed by atoms with Crippen molar-refractivity contribution in [3.05, 3.63) is 0 Å². The molecule has 1 aliphatic heterocycles. The van der Waals surface area contributed by atoms with Gasteiger partial charge in [0.05, 0.1) is 6.54 Å². The maximum absolute atomic E-state index is 12.1. The van der Waals surface area contributed by atoms with E-state index in [1.54, 1.807) is 0 Å². The lowest BCUT2D eigenvalue weighted by Gasteiger charge is -2.23. The smallest absolute Gasteiger partial charge is 0.312 e. The highest BCUT2D eigenvalue weighted by Crippen LogP contribution is 2.20. The van der Waals surface area contributed by atoms with Gasteiger partial charge in [-0.3, -0.25) is 4.90 Å². The highest BCUT2D eigenvalue weighted by atomic mass is 35.5. The van der Waals surface area contributed by atoms with Crippen molar-refractivity contribution in [2.24, 2.45) is 5.41 Å². The molecule has 1 unspecified atom stereocenters. The first-order valence-corrected chi connectivity index (χ1v) is 5.68. The van der Waals surface area contributed by atoms with Crippen molar-refractivity contribution < 1.29 is 13.2 Å². The zero-order valence-corrected chi connectivity index (χ0v) is 11.4. The number of rotatable bonds is 3. The lowest BCUT2D eigenvalue weighted by atomic mass is 9.96. The molecule has 0 aromatic carbocycles. The van der Waals surface area contributed by atoms with Gasteiger partial charge in [-0.05, 0) is 11.8 Å². The quantitative estimate of drug-likeness (QED) is 0.851. The first kappa shape index (κ1) is 17.0. The molecule has 1 heterocycles. The van der Waals surface area contributed by atoms with Crippen LogP contribution in [0.25, 0.3) is 0 Å². The third-order valence-electron chi connectivity index (χ3n) is 2.60. The van der Waals surface area contributed by atoms with Crippen LogP contribution < -0.4 is 5.32 Å². The Labute approximate surface area is 107 Å². The lowest BCUT2D eigenvalue weighted by Crippen LogP contribution is -2.39. The summed E-state index contributed by atoms with van der Waals surface area (Å²) in [4.78, 5) is 1.47. The summed E-state index contributed by atoms with van der Waals surface area (Å²) < 4.78 is 36.4. The summed E-state index contributed by atoms with van der Waals surface area (Å²) in [5, 5.41) is 3.33. The molecule has 1 rings (SSSR count).